The molecular formula is C22H28OSSi. The van der Waals surface area contributed by atoms with Crippen molar-refractivity contribution in [1.82, 2.24) is 0 Å². The first kappa shape index (κ1) is 17.4. The van der Waals surface area contributed by atoms with Crippen molar-refractivity contribution in [3.63, 3.8) is 0 Å². The van der Waals surface area contributed by atoms with Crippen molar-refractivity contribution in [2.45, 2.75) is 61.7 Å². The summed E-state index contributed by atoms with van der Waals surface area (Å²) < 4.78 is 7.29. The number of hydrogen-bond acceptors (Lipinski definition) is 2. The first-order valence-electron chi connectivity index (χ1n) is 9.47. The van der Waals surface area contributed by atoms with Gasteiger partial charge in [0, 0.05) is 10.5 Å². The molecule has 1 nitrogen and oxygen atoms in total. The maximum atomic E-state index is 7.29. The van der Waals surface area contributed by atoms with E-state index in [4.69, 9.17) is 4.43 Å². The monoisotopic (exact) mass is 368 g/mol. The number of thioether (sulfide) groups is 1. The molecule has 0 spiro atoms. The van der Waals surface area contributed by atoms with E-state index < -0.39 is 8.32 Å². The lowest BCUT2D eigenvalue weighted by Gasteiger charge is -2.45. The van der Waals surface area contributed by atoms with Gasteiger partial charge in [-0.3, -0.25) is 0 Å². The third-order valence-corrected chi connectivity index (χ3v) is 12.3. The average molecular weight is 369 g/mol. The van der Waals surface area contributed by atoms with Crippen molar-refractivity contribution >= 4 is 30.5 Å². The Balaban J connectivity index is 1.83. The van der Waals surface area contributed by atoms with E-state index in [2.05, 4.69) is 93.2 Å². The molecule has 4 rings (SSSR count). The van der Waals surface area contributed by atoms with E-state index in [-0.39, 0.29) is 5.04 Å². The highest BCUT2D eigenvalue weighted by Gasteiger charge is 2.55. The fourth-order valence-electron chi connectivity index (χ4n) is 4.44. The maximum Gasteiger partial charge on any atom is 0.261 e. The summed E-state index contributed by atoms with van der Waals surface area (Å²) in [5.74, 6) is 0. The zero-order valence-corrected chi connectivity index (χ0v) is 17.3. The van der Waals surface area contributed by atoms with Crippen LogP contribution in [0, 0.1) is 0 Å². The Morgan fingerprint density at radius 1 is 0.880 bits per heavy atom. The topological polar surface area (TPSA) is 9.23 Å². The second kappa shape index (κ2) is 6.60. The Hall–Kier alpha value is -1.03. The van der Waals surface area contributed by atoms with Crippen LogP contribution in [0.5, 0.6) is 0 Å². The molecule has 3 atom stereocenters. The Morgan fingerprint density at radius 3 is 1.96 bits per heavy atom. The molecule has 1 aliphatic carbocycles. The van der Waals surface area contributed by atoms with Gasteiger partial charge >= 0.3 is 0 Å². The van der Waals surface area contributed by atoms with Gasteiger partial charge in [-0.25, -0.2) is 0 Å². The summed E-state index contributed by atoms with van der Waals surface area (Å²) in [5.41, 5.74) is 0. The Bertz CT molecular complexity index is 670. The Morgan fingerprint density at radius 2 is 1.44 bits per heavy atom. The van der Waals surface area contributed by atoms with Gasteiger partial charge in [0.05, 0.1) is 6.10 Å². The van der Waals surface area contributed by atoms with E-state index in [1.54, 1.807) is 0 Å². The van der Waals surface area contributed by atoms with E-state index in [1.165, 1.54) is 29.6 Å². The van der Waals surface area contributed by atoms with Crippen molar-refractivity contribution in [3.8, 4) is 0 Å². The molecule has 2 aromatic carbocycles. The van der Waals surface area contributed by atoms with Crippen LogP contribution < -0.4 is 10.4 Å². The second-order valence-corrected chi connectivity index (χ2v) is 14.1. The first-order chi connectivity index (χ1) is 12.0. The fourth-order valence-corrected chi connectivity index (χ4v) is 10.6. The van der Waals surface area contributed by atoms with Gasteiger partial charge < -0.3 is 4.43 Å². The molecule has 0 amide bonds. The van der Waals surface area contributed by atoms with E-state index in [1.807, 2.05) is 0 Å². The molecule has 3 heteroatoms. The van der Waals surface area contributed by atoms with Gasteiger partial charge in [-0.05, 0) is 34.7 Å². The Kier molecular flexibility index (Phi) is 4.59. The summed E-state index contributed by atoms with van der Waals surface area (Å²) in [6.45, 7) is 7.12. The highest BCUT2D eigenvalue weighted by molar-refractivity contribution is 8.07. The van der Waals surface area contributed by atoms with E-state index in [0.29, 0.717) is 6.10 Å². The molecule has 2 aromatic rings. The van der Waals surface area contributed by atoms with Crippen molar-refractivity contribution in [3.05, 3.63) is 60.7 Å². The molecule has 0 radical (unpaired) electrons. The number of benzene rings is 2. The van der Waals surface area contributed by atoms with Crippen molar-refractivity contribution in [2.75, 3.05) is 0 Å². The largest absolute Gasteiger partial charge is 0.403 e. The standard InChI is InChI=1S/C22H28OSSi/c1-22(2,3)25(17-11-6-4-7-12-17,18-13-8-5-9-14-18)23-19-15-10-16-20-21(19)24-20/h4-9,11-14,19-21H,10,15-16H2,1-3H3/t19-,20-,21+/m1/s1. The van der Waals surface area contributed by atoms with Gasteiger partial charge in [0.15, 0.2) is 0 Å². The Labute approximate surface area is 157 Å². The molecule has 0 unspecified atom stereocenters. The summed E-state index contributed by atoms with van der Waals surface area (Å²) in [4.78, 5) is 0. The smallest absolute Gasteiger partial charge is 0.261 e. The maximum absolute atomic E-state index is 7.29. The van der Waals surface area contributed by atoms with Gasteiger partial charge in [0.1, 0.15) is 0 Å². The average Bonchev–Trinajstić information content (AvgIpc) is 3.40. The van der Waals surface area contributed by atoms with Crippen molar-refractivity contribution < 1.29 is 4.43 Å². The third-order valence-electron chi connectivity index (χ3n) is 5.71. The molecule has 132 valence electrons. The number of fused-ring (bicyclic) bond motifs is 1. The van der Waals surface area contributed by atoms with Crippen LogP contribution in [0.15, 0.2) is 60.7 Å². The minimum absolute atomic E-state index is 0.0855. The lowest BCUT2D eigenvalue weighted by molar-refractivity contribution is 0.164. The third kappa shape index (κ3) is 3.11. The summed E-state index contributed by atoms with van der Waals surface area (Å²) in [5, 5.41) is 4.48. The van der Waals surface area contributed by atoms with Crippen LogP contribution in [0.4, 0.5) is 0 Å². The summed E-state index contributed by atoms with van der Waals surface area (Å²) in [6, 6.07) is 22.1. The zero-order chi connectivity index (χ0) is 17.5. The molecule has 1 saturated carbocycles. The summed E-state index contributed by atoms with van der Waals surface area (Å²) in [7, 11) is -2.37. The highest BCUT2D eigenvalue weighted by atomic mass is 32.2. The normalized spacial score (nSPS) is 26.1. The molecule has 0 N–H and O–H groups in total. The molecule has 2 fully saturated rings. The molecule has 1 heterocycles. The highest BCUT2D eigenvalue weighted by Crippen LogP contribution is 2.53. The quantitative estimate of drug-likeness (QED) is 0.576. The van der Waals surface area contributed by atoms with Crippen LogP contribution in [0.2, 0.25) is 5.04 Å². The van der Waals surface area contributed by atoms with E-state index in [0.717, 1.165) is 10.5 Å². The zero-order valence-electron chi connectivity index (χ0n) is 15.4. The first-order valence-corrected chi connectivity index (χ1v) is 12.3. The van der Waals surface area contributed by atoms with Crippen LogP contribution in [0.3, 0.4) is 0 Å². The molecule has 0 bridgehead atoms. The lowest BCUT2D eigenvalue weighted by Crippen LogP contribution is -2.68. The van der Waals surface area contributed by atoms with Gasteiger partial charge in [0.2, 0.25) is 0 Å². The second-order valence-electron chi connectivity index (χ2n) is 8.39. The van der Waals surface area contributed by atoms with Crippen LogP contribution >= 0.6 is 11.8 Å². The predicted octanol–water partition coefficient (Wildman–Crippen LogP) is 4.60. The summed E-state index contributed by atoms with van der Waals surface area (Å²) >= 11 is 2.15. The fraction of sp³-hybridized carbons (Fsp3) is 0.455. The van der Waals surface area contributed by atoms with Crippen molar-refractivity contribution in [1.29, 1.82) is 0 Å². The molecule has 0 aromatic heterocycles. The van der Waals surface area contributed by atoms with Crippen molar-refractivity contribution in [2.24, 2.45) is 0 Å². The van der Waals surface area contributed by atoms with Gasteiger partial charge in [-0.1, -0.05) is 81.4 Å². The van der Waals surface area contributed by atoms with Gasteiger partial charge in [0.25, 0.3) is 8.32 Å². The number of rotatable bonds is 4. The van der Waals surface area contributed by atoms with Crippen LogP contribution in [0.1, 0.15) is 40.0 Å². The SMILES string of the molecule is CC(C)(C)[Si](O[C@@H]1CCC[C@H]2S[C@@H]12)(c1ccccc1)c1ccccc1. The van der Waals surface area contributed by atoms with E-state index >= 15 is 0 Å². The lowest BCUT2D eigenvalue weighted by atomic mass is 9.98. The minimum Gasteiger partial charge on any atom is -0.403 e. The molecular weight excluding hydrogens is 340 g/mol. The predicted molar refractivity (Wildman–Crippen MR) is 112 cm³/mol. The van der Waals surface area contributed by atoms with E-state index in [9.17, 15) is 0 Å². The minimum atomic E-state index is -2.37. The van der Waals surface area contributed by atoms with Gasteiger partial charge in [-0.15, -0.1) is 0 Å². The summed E-state index contributed by atoms with van der Waals surface area (Å²) in [6.07, 6.45) is 4.33. The van der Waals surface area contributed by atoms with Crippen LogP contribution in [-0.4, -0.2) is 24.9 Å². The molecule has 1 aliphatic heterocycles. The number of hydrogen-bond donors (Lipinski definition) is 0. The van der Waals surface area contributed by atoms with Gasteiger partial charge in [-0.2, -0.15) is 11.8 Å². The van der Waals surface area contributed by atoms with Crippen LogP contribution in [-0.2, 0) is 4.43 Å². The van der Waals surface area contributed by atoms with Crippen LogP contribution in [0.25, 0.3) is 0 Å². The molecule has 1 saturated heterocycles. The molecule has 2 aliphatic rings. The molecule has 25 heavy (non-hydrogen) atoms.